The van der Waals surface area contributed by atoms with E-state index < -0.39 is 0 Å². The fourth-order valence-corrected chi connectivity index (χ4v) is 2.83. The number of carbonyl (C=O) groups excluding carboxylic acids is 1. The Hall–Kier alpha value is -0.370. The van der Waals surface area contributed by atoms with Crippen LogP contribution in [0.3, 0.4) is 0 Å². The zero-order valence-electron chi connectivity index (χ0n) is 9.54. The van der Waals surface area contributed by atoms with E-state index in [1.54, 1.807) is 0 Å². The van der Waals surface area contributed by atoms with E-state index >= 15 is 0 Å². The standard InChI is InChI=1S/C13H22O2/c14-13(11-5-1-2-6-11)9-3-7-12-8-4-10-15-12/h11-12H,1-10H2. The van der Waals surface area contributed by atoms with Crippen LogP contribution in [0.25, 0.3) is 0 Å². The van der Waals surface area contributed by atoms with Crippen molar-refractivity contribution in [2.75, 3.05) is 6.61 Å². The highest BCUT2D eigenvalue weighted by Crippen LogP contribution is 2.27. The summed E-state index contributed by atoms with van der Waals surface area (Å²) in [7, 11) is 0. The Morgan fingerprint density at radius 1 is 1.13 bits per heavy atom. The number of hydrogen-bond acceptors (Lipinski definition) is 2. The average molecular weight is 210 g/mol. The molecular formula is C13H22O2. The van der Waals surface area contributed by atoms with E-state index in [1.807, 2.05) is 0 Å². The van der Waals surface area contributed by atoms with Gasteiger partial charge in [0.05, 0.1) is 6.10 Å². The van der Waals surface area contributed by atoms with Crippen LogP contribution < -0.4 is 0 Å². The molecule has 86 valence electrons. The van der Waals surface area contributed by atoms with E-state index in [0.29, 0.717) is 17.8 Å². The van der Waals surface area contributed by atoms with Gasteiger partial charge in [-0.3, -0.25) is 4.79 Å². The van der Waals surface area contributed by atoms with Gasteiger partial charge < -0.3 is 4.74 Å². The van der Waals surface area contributed by atoms with Crippen LogP contribution in [0.4, 0.5) is 0 Å². The molecule has 1 aliphatic heterocycles. The number of rotatable bonds is 5. The molecule has 15 heavy (non-hydrogen) atoms. The molecule has 1 aliphatic carbocycles. The maximum Gasteiger partial charge on any atom is 0.135 e. The lowest BCUT2D eigenvalue weighted by Crippen LogP contribution is -2.12. The number of ketones is 1. The van der Waals surface area contributed by atoms with E-state index in [-0.39, 0.29) is 0 Å². The van der Waals surface area contributed by atoms with Crippen molar-refractivity contribution in [2.45, 2.75) is 63.9 Å². The fraction of sp³-hybridized carbons (Fsp3) is 0.923. The molecule has 1 atom stereocenters. The summed E-state index contributed by atoms with van der Waals surface area (Å²) in [5, 5.41) is 0. The van der Waals surface area contributed by atoms with Crippen molar-refractivity contribution in [1.82, 2.24) is 0 Å². The Bertz CT molecular complexity index is 201. The maximum absolute atomic E-state index is 11.8. The molecule has 1 saturated heterocycles. The highest BCUT2D eigenvalue weighted by Gasteiger charge is 2.22. The third-order valence-corrected chi connectivity index (χ3v) is 3.78. The lowest BCUT2D eigenvalue weighted by molar-refractivity contribution is -0.122. The molecule has 0 spiro atoms. The van der Waals surface area contributed by atoms with Gasteiger partial charge in [0.2, 0.25) is 0 Å². The van der Waals surface area contributed by atoms with Gasteiger partial charge in [-0.1, -0.05) is 12.8 Å². The second-order valence-electron chi connectivity index (χ2n) is 4.97. The topological polar surface area (TPSA) is 26.3 Å². The van der Waals surface area contributed by atoms with Crippen molar-refractivity contribution in [3.05, 3.63) is 0 Å². The molecule has 0 aromatic rings. The molecule has 0 N–H and O–H groups in total. The Morgan fingerprint density at radius 2 is 1.93 bits per heavy atom. The van der Waals surface area contributed by atoms with Crippen molar-refractivity contribution in [2.24, 2.45) is 5.92 Å². The Balaban J connectivity index is 1.58. The fourth-order valence-electron chi connectivity index (χ4n) is 2.83. The first-order valence-electron chi connectivity index (χ1n) is 6.50. The zero-order valence-corrected chi connectivity index (χ0v) is 9.54. The molecule has 0 amide bonds. The van der Waals surface area contributed by atoms with Gasteiger partial charge in [0.15, 0.2) is 0 Å². The second kappa shape index (κ2) is 5.64. The van der Waals surface area contributed by atoms with E-state index in [1.165, 1.54) is 25.7 Å². The summed E-state index contributed by atoms with van der Waals surface area (Å²) in [4.78, 5) is 11.8. The molecule has 0 bridgehead atoms. The normalized spacial score (nSPS) is 27.3. The lowest BCUT2D eigenvalue weighted by Gasteiger charge is -2.10. The predicted molar refractivity (Wildman–Crippen MR) is 59.8 cm³/mol. The van der Waals surface area contributed by atoms with E-state index in [0.717, 1.165) is 38.7 Å². The Kier molecular flexibility index (Phi) is 4.18. The van der Waals surface area contributed by atoms with Crippen molar-refractivity contribution >= 4 is 5.78 Å². The van der Waals surface area contributed by atoms with Crippen LogP contribution in [0, 0.1) is 5.92 Å². The van der Waals surface area contributed by atoms with Crippen LogP contribution in [0.15, 0.2) is 0 Å². The number of carbonyl (C=O) groups is 1. The van der Waals surface area contributed by atoms with Crippen LogP contribution >= 0.6 is 0 Å². The van der Waals surface area contributed by atoms with Crippen molar-refractivity contribution in [3.8, 4) is 0 Å². The van der Waals surface area contributed by atoms with E-state index in [9.17, 15) is 4.79 Å². The molecule has 2 heteroatoms. The minimum absolute atomic E-state index is 0.412. The SMILES string of the molecule is O=C(CCCC1CCCO1)C1CCCC1. The van der Waals surface area contributed by atoms with Gasteiger partial charge >= 0.3 is 0 Å². The van der Waals surface area contributed by atoms with Crippen LogP contribution in [0.5, 0.6) is 0 Å². The van der Waals surface area contributed by atoms with Crippen LogP contribution in [0.1, 0.15) is 57.8 Å². The van der Waals surface area contributed by atoms with Crippen molar-refractivity contribution < 1.29 is 9.53 Å². The Morgan fingerprint density at radius 3 is 2.60 bits per heavy atom. The molecule has 0 radical (unpaired) electrons. The first-order chi connectivity index (χ1) is 7.36. The minimum Gasteiger partial charge on any atom is -0.378 e. The highest BCUT2D eigenvalue weighted by molar-refractivity contribution is 5.81. The molecule has 2 nitrogen and oxygen atoms in total. The molecule has 1 heterocycles. The summed E-state index contributed by atoms with van der Waals surface area (Å²) in [6, 6.07) is 0. The smallest absolute Gasteiger partial charge is 0.135 e. The molecular weight excluding hydrogens is 188 g/mol. The second-order valence-corrected chi connectivity index (χ2v) is 4.97. The van der Waals surface area contributed by atoms with Crippen LogP contribution in [-0.2, 0) is 9.53 Å². The van der Waals surface area contributed by atoms with Gasteiger partial charge in [-0.25, -0.2) is 0 Å². The Labute approximate surface area is 92.4 Å². The van der Waals surface area contributed by atoms with Crippen molar-refractivity contribution in [3.63, 3.8) is 0 Å². The molecule has 2 aliphatic rings. The molecule has 0 aromatic heterocycles. The number of hydrogen-bond donors (Lipinski definition) is 0. The largest absolute Gasteiger partial charge is 0.378 e. The van der Waals surface area contributed by atoms with E-state index in [4.69, 9.17) is 4.74 Å². The van der Waals surface area contributed by atoms with Gasteiger partial charge in [-0.05, 0) is 38.5 Å². The minimum atomic E-state index is 0.412. The molecule has 1 saturated carbocycles. The highest BCUT2D eigenvalue weighted by atomic mass is 16.5. The van der Waals surface area contributed by atoms with Gasteiger partial charge in [0, 0.05) is 18.9 Å². The molecule has 2 rings (SSSR count). The molecule has 1 unspecified atom stereocenters. The van der Waals surface area contributed by atoms with Crippen LogP contribution in [-0.4, -0.2) is 18.5 Å². The first-order valence-corrected chi connectivity index (χ1v) is 6.50. The quantitative estimate of drug-likeness (QED) is 0.697. The van der Waals surface area contributed by atoms with Crippen LogP contribution in [0.2, 0.25) is 0 Å². The summed E-state index contributed by atoms with van der Waals surface area (Å²) < 4.78 is 5.55. The number of Topliss-reactive ketones (excluding diaryl/α,β-unsaturated/α-hetero) is 1. The van der Waals surface area contributed by atoms with Gasteiger partial charge in [0.1, 0.15) is 5.78 Å². The summed E-state index contributed by atoms with van der Waals surface area (Å²) in [6.07, 6.45) is 10.6. The number of ether oxygens (including phenoxy) is 1. The van der Waals surface area contributed by atoms with Crippen molar-refractivity contribution in [1.29, 1.82) is 0 Å². The van der Waals surface area contributed by atoms with Gasteiger partial charge in [-0.15, -0.1) is 0 Å². The summed E-state index contributed by atoms with van der Waals surface area (Å²) in [5.74, 6) is 0.931. The zero-order chi connectivity index (χ0) is 10.5. The third kappa shape index (κ3) is 3.30. The summed E-state index contributed by atoms with van der Waals surface area (Å²) in [6.45, 7) is 0.932. The maximum atomic E-state index is 11.8. The third-order valence-electron chi connectivity index (χ3n) is 3.78. The monoisotopic (exact) mass is 210 g/mol. The molecule has 0 aromatic carbocycles. The van der Waals surface area contributed by atoms with E-state index in [2.05, 4.69) is 0 Å². The van der Waals surface area contributed by atoms with Gasteiger partial charge in [0.25, 0.3) is 0 Å². The van der Waals surface area contributed by atoms with Gasteiger partial charge in [-0.2, -0.15) is 0 Å². The average Bonchev–Trinajstić information content (AvgIpc) is 2.90. The molecule has 2 fully saturated rings. The first kappa shape index (κ1) is 11.1. The lowest BCUT2D eigenvalue weighted by atomic mass is 9.97. The predicted octanol–water partition coefficient (Wildman–Crippen LogP) is 3.10. The summed E-state index contributed by atoms with van der Waals surface area (Å²) >= 11 is 0. The summed E-state index contributed by atoms with van der Waals surface area (Å²) in [5.41, 5.74) is 0.